The Bertz CT molecular complexity index is 1190. The summed E-state index contributed by atoms with van der Waals surface area (Å²) in [7, 11) is 0. The zero-order chi connectivity index (χ0) is 26.8. The van der Waals surface area contributed by atoms with Gasteiger partial charge in [-0.15, -0.1) is 0 Å². The van der Waals surface area contributed by atoms with Gasteiger partial charge in [-0.05, 0) is 27.7 Å². The number of aryl methyl sites for hydroxylation is 2. The molecule has 2 rings (SSSR count). The van der Waals surface area contributed by atoms with Crippen LogP contribution in [0.4, 0.5) is 0 Å². The smallest absolute Gasteiger partial charge is 0.348 e. The van der Waals surface area contributed by atoms with Gasteiger partial charge in [0, 0.05) is 51.2 Å². The van der Waals surface area contributed by atoms with Gasteiger partial charge in [-0.2, -0.15) is 0 Å². The molecule has 0 atom stereocenters. The Balaban J connectivity index is 1.69. The van der Waals surface area contributed by atoms with Gasteiger partial charge >= 0.3 is 11.3 Å². The maximum atomic E-state index is 11.9. The van der Waals surface area contributed by atoms with Crippen molar-refractivity contribution in [1.29, 1.82) is 0 Å². The van der Waals surface area contributed by atoms with Crippen LogP contribution < -0.4 is 21.9 Å². The molecule has 0 unspecified atom stereocenters. The van der Waals surface area contributed by atoms with E-state index in [2.05, 4.69) is 20.6 Å². The number of aromatic hydroxyl groups is 2. The van der Waals surface area contributed by atoms with Crippen LogP contribution >= 0.6 is 0 Å². The summed E-state index contributed by atoms with van der Waals surface area (Å²) in [6, 6.07) is 2.63. The molecule has 0 aliphatic rings. The molecule has 0 aromatic carbocycles. The summed E-state index contributed by atoms with van der Waals surface area (Å²) < 4.78 is 9.90. The largest absolute Gasteiger partial charge is 0.507 e. The van der Waals surface area contributed by atoms with E-state index < -0.39 is 11.3 Å². The molecule has 0 fully saturated rings. The van der Waals surface area contributed by atoms with Gasteiger partial charge < -0.3 is 29.7 Å². The number of aliphatic imine (C=N–C) groups is 2. The Morgan fingerprint density at radius 3 is 1.47 bits per heavy atom. The van der Waals surface area contributed by atoms with Crippen LogP contribution in [-0.2, 0) is 9.59 Å². The van der Waals surface area contributed by atoms with Gasteiger partial charge in [0.15, 0.2) is 0 Å². The van der Waals surface area contributed by atoms with Crippen LogP contribution in [0, 0.1) is 13.8 Å². The van der Waals surface area contributed by atoms with Crippen LogP contribution in [-0.4, -0.2) is 59.6 Å². The summed E-state index contributed by atoms with van der Waals surface area (Å²) >= 11 is 0. The lowest BCUT2D eigenvalue weighted by molar-refractivity contribution is -0.122. The van der Waals surface area contributed by atoms with E-state index in [0.717, 1.165) is 0 Å². The second-order valence-electron chi connectivity index (χ2n) is 7.94. The highest BCUT2D eigenvalue weighted by Crippen LogP contribution is 2.16. The fraction of sp³-hybridized carbons (Fsp3) is 0.417. The Labute approximate surface area is 206 Å². The maximum Gasteiger partial charge on any atom is 0.348 e. The first kappa shape index (κ1) is 28.0. The molecule has 0 spiro atoms. The molecule has 4 N–H and O–H groups in total. The first-order chi connectivity index (χ1) is 17.0. The van der Waals surface area contributed by atoms with Crippen LogP contribution in [0.1, 0.15) is 49.3 Å². The van der Waals surface area contributed by atoms with Gasteiger partial charge in [-0.1, -0.05) is 0 Å². The predicted molar refractivity (Wildman–Crippen MR) is 132 cm³/mol. The molecule has 0 aliphatic heterocycles. The second kappa shape index (κ2) is 13.0. The molecule has 0 saturated heterocycles. The van der Waals surface area contributed by atoms with Gasteiger partial charge in [-0.3, -0.25) is 19.6 Å². The van der Waals surface area contributed by atoms with Crippen molar-refractivity contribution < 1.29 is 28.6 Å². The van der Waals surface area contributed by atoms with Crippen LogP contribution in [0.5, 0.6) is 11.5 Å². The zero-order valence-electron chi connectivity index (χ0n) is 20.6. The third-order valence-corrected chi connectivity index (χ3v) is 4.98. The molecule has 2 aromatic rings. The van der Waals surface area contributed by atoms with Crippen LogP contribution in [0.15, 0.2) is 40.5 Å². The number of nitrogens with one attached hydrogen (secondary N) is 2. The van der Waals surface area contributed by atoms with Crippen molar-refractivity contribution in [1.82, 2.24) is 10.6 Å². The lowest BCUT2D eigenvalue weighted by atomic mass is 10.1. The molecule has 2 heterocycles. The summed E-state index contributed by atoms with van der Waals surface area (Å²) in [4.78, 5) is 55.9. The second-order valence-corrected chi connectivity index (χ2v) is 7.94. The molecular weight excluding hydrogens is 472 g/mol. The topological polar surface area (TPSA) is 184 Å². The highest BCUT2D eigenvalue weighted by molar-refractivity contribution is 6.01. The van der Waals surface area contributed by atoms with Crippen molar-refractivity contribution in [3.05, 3.63) is 55.6 Å². The van der Waals surface area contributed by atoms with Gasteiger partial charge in [-0.25, -0.2) is 9.59 Å². The highest BCUT2D eigenvalue weighted by atomic mass is 16.4. The van der Waals surface area contributed by atoms with Crippen molar-refractivity contribution in [2.45, 2.75) is 40.5 Å². The molecule has 0 radical (unpaired) electrons. The lowest BCUT2D eigenvalue weighted by Gasteiger charge is -2.07. The van der Waals surface area contributed by atoms with E-state index in [4.69, 9.17) is 8.83 Å². The molecule has 2 amide bonds. The molecular formula is C24H30N4O8. The summed E-state index contributed by atoms with van der Waals surface area (Å²) in [5.74, 6) is -0.494. The minimum absolute atomic E-state index is 0.0395. The first-order valence-corrected chi connectivity index (χ1v) is 11.2. The van der Waals surface area contributed by atoms with E-state index in [-0.39, 0.29) is 96.4 Å². The molecule has 12 nitrogen and oxygen atoms in total. The molecule has 2 aromatic heterocycles. The number of amides is 2. The van der Waals surface area contributed by atoms with Gasteiger partial charge in [0.2, 0.25) is 11.8 Å². The predicted octanol–water partition coefficient (Wildman–Crippen LogP) is 0.952. The Morgan fingerprint density at radius 1 is 0.778 bits per heavy atom. The third kappa shape index (κ3) is 8.22. The number of rotatable bonds is 11. The summed E-state index contributed by atoms with van der Waals surface area (Å²) in [6.45, 7) is 6.77. The van der Waals surface area contributed by atoms with Crippen molar-refractivity contribution in [3.63, 3.8) is 0 Å². The summed E-state index contributed by atoms with van der Waals surface area (Å²) in [5, 5.41) is 25.1. The lowest BCUT2D eigenvalue weighted by Crippen LogP contribution is -2.35. The molecule has 0 aliphatic carbocycles. The molecule has 194 valence electrons. The summed E-state index contributed by atoms with van der Waals surface area (Å²) in [6.07, 6.45) is 0.105. The van der Waals surface area contributed by atoms with Crippen molar-refractivity contribution >= 4 is 23.2 Å². The van der Waals surface area contributed by atoms with Crippen LogP contribution in [0.3, 0.4) is 0 Å². The van der Waals surface area contributed by atoms with E-state index >= 15 is 0 Å². The standard InChI is InChI=1S/C24H30N4O8/c1-13-11-17(29)21(23(33)35-13)15(3)25-7-5-19(31)27-9-10-28-20(32)6-8-26-16(4)22-18(30)12-14(2)36-24(22)34/h11-12,29-30H,5-10H2,1-4H3,(H,27,31)(H,28,32). The van der Waals surface area contributed by atoms with Gasteiger partial charge in [0.05, 0.1) is 11.4 Å². The Hall–Kier alpha value is -4.22. The van der Waals surface area contributed by atoms with E-state index in [1.54, 1.807) is 27.7 Å². The van der Waals surface area contributed by atoms with Crippen molar-refractivity contribution in [2.24, 2.45) is 9.98 Å². The number of nitrogens with zero attached hydrogens (tertiary/aromatic N) is 2. The van der Waals surface area contributed by atoms with Gasteiger partial charge in [0.1, 0.15) is 34.1 Å². The Kier molecular flexibility index (Phi) is 10.1. The zero-order valence-corrected chi connectivity index (χ0v) is 20.6. The molecule has 12 heteroatoms. The van der Waals surface area contributed by atoms with E-state index in [9.17, 15) is 29.4 Å². The van der Waals surface area contributed by atoms with E-state index in [0.29, 0.717) is 0 Å². The quantitative estimate of drug-likeness (QED) is 0.258. The summed E-state index contributed by atoms with van der Waals surface area (Å²) in [5.41, 5.74) is -0.956. The van der Waals surface area contributed by atoms with Crippen LogP contribution in [0.2, 0.25) is 0 Å². The number of hydrogen-bond donors (Lipinski definition) is 4. The third-order valence-electron chi connectivity index (χ3n) is 4.98. The highest BCUT2D eigenvalue weighted by Gasteiger charge is 2.14. The SMILES string of the molecule is CC(=NCCC(=O)NCCNC(=O)CCN=C(C)c1c(O)cc(C)oc1=O)c1c(O)cc(C)oc1=O. The Morgan fingerprint density at radius 2 is 1.14 bits per heavy atom. The minimum Gasteiger partial charge on any atom is -0.507 e. The molecule has 0 bridgehead atoms. The fourth-order valence-corrected chi connectivity index (χ4v) is 3.25. The van der Waals surface area contributed by atoms with E-state index in [1.165, 1.54) is 12.1 Å². The van der Waals surface area contributed by atoms with E-state index in [1.807, 2.05) is 0 Å². The first-order valence-electron chi connectivity index (χ1n) is 11.2. The van der Waals surface area contributed by atoms with Crippen molar-refractivity contribution in [2.75, 3.05) is 26.2 Å². The number of hydrogen-bond acceptors (Lipinski definition) is 10. The average molecular weight is 503 g/mol. The average Bonchev–Trinajstić information content (AvgIpc) is 2.75. The fourth-order valence-electron chi connectivity index (χ4n) is 3.25. The van der Waals surface area contributed by atoms with Gasteiger partial charge in [0.25, 0.3) is 0 Å². The maximum absolute atomic E-state index is 11.9. The molecule has 0 saturated carbocycles. The van der Waals surface area contributed by atoms with Crippen LogP contribution in [0.25, 0.3) is 0 Å². The number of carbonyl (C=O) groups is 2. The molecule has 36 heavy (non-hydrogen) atoms. The monoisotopic (exact) mass is 502 g/mol. The van der Waals surface area contributed by atoms with Crippen molar-refractivity contribution in [3.8, 4) is 11.5 Å². The normalized spacial score (nSPS) is 11.9. The number of carbonyl (C=O) groups excluding carboxylic acids is 2. The minimum atomic E-state index is -0.700.